The van der Waals surface area contributed by atoms with E-state index in [2.05, 4.69) is 17.1 Å². The van der Waals surface area contributed by atoms with Crippen molar-refractivity contribution in [3.63, 3.8) is 0 Å². The summed E-state index contributed by atoms with van der Waals surface area (Å²) in [6.45, 7) is 6.00. The zero-order valence-electron chi connectivity index (χ0n) is 15.1. The highest BCUT2D eigenvalue weighted by Gasteiger charge is 2.13. The summed E-state index contributed by atoms with van der Waals surface area (Å²) in [6, 6.07) is 7.71. The maximum atomic E-state index is 12.3. The molecule has 25 heavy (non-hydrogen) atoms. The van der Waals surface area contributed by atoms with Gasteiger partial charge in [-0.1, -0.05) is 13.3 Å². The Labute approximate surface area is 153 Å². The quantitative estimate of drug-likeness (QED) is 0.692. The van der Waals surface area contributed by atoms with Gasteiger partial charge in [0, 0.05) is 32.1 Å². The molecule has 6 nitrogen and oxygen atoms in total. The molecule has 0 aliphatic carbocycles. The lowest BCUT2D eigenvalue weighted by Gasteiger charge is -2.17. The number of rotatable bonds is 9. The van der Waals surface area contributed by atoms with Gasteiger partial charge in [-0.05, 0) is 49.8 Å². The first kappa shape index (κ1) is 19.2. The molecule has 2 rings (SSSR count). The first-order valence-corrected chi connectivity index (χ1v) is 9.10. The predicted molar refractivity (Wildman–Crippen MR) is 101 cm³/mol. The number of hydrogen-bond donors (Lipinski definition) is 1. The second-order valence-corrected chi connectivity index (χ2v) is 6.27. The topological polar surface area (TPSA) is 63.1 Å². The predicted octanol–water partition coefficient (Wildman–Crippen LogP) is 3.65. The minimum Gasteiger partial charge on any atom is -0.494 e. The zero-order chi connectivity index (χ0) is 18.2. The number of nitrogens with zero attached hydrogens (tertiary/aromatic N) is 3. The van der Waals surface area contributed by atoms with Gasteiger partial charge < -0.3 is 9.64 Å². The molecule has 2 aromatic rings. The van der Waals surface area contributed by atoms with Crippen LogP contribution < -0.4 is 4.74 Å². The van der Waals surface area contributed by atoms with E-state index in [1.54, 1.807) is 4.90 Å². The number of nitrogens with one attached hydrogen (secondary N) is 1. The molecule has 0 fully saturated rings. The Bertz CT molecular complexity index is 736. The van der Waals surface area contributed by atoms with E-state index in [4.69, 9.17) is 17.0 Å². The van der Waals surface area contributed by atoms with Gasteiger partial charge >= 0.3 is 0 Å². The summed E-state index contributed by atoms with van der Waals surface area (Å²) in [5.41, 5.74) is 0.933. The Balaban J connectivity index is 2.08. The molecule has 0 aliphatic heterocycles. The molecule has 0 aliphatic rings. The SMILES string of the molecule is CCCCN(C)C(=O)CCn1c(-c2ccc(OCC)cc2)n[nH]c1=S. The Hall–Kier alpha value is -2.15. The standard InChI is InChI=1S/C18H26N4O2S/c1-4-6-12-21(3)16(23)11-13-22-17(19-20-18(22)25)14-7-9-15(10-8-14)24-5-2/h7-10H,4-6,11-13H2,1-3H3,(H,20,25). The van der Waals surface area contributed by atoms with Gasteiger partial charge in [-0.25, -0.2) is 0 Å². The van der Waals surface area contributed by atoms with E-state index in [-0.39, 0.29) is 5.91 Å². The Kier molecular flexibility index (Phi) is 7.18. The number of aromatic amines is 1. The van der Waals surface area contributed by atoms with Crippen molar-refractivity contribution < 1.29 is 9.53 Å². The lowest BCUT2D eigenvalue weighted by atomic mass is 10.2. The summed E-state index contributed by atoms with van der Waals surface area (Å²) < 4.78 is 7.86. The first-order valence-electron chi connectivity index (χ1n) is 8.69. The molecular weight excluding hydrogens is 336 g/mol. The van der Waals surface area contributed by atoms with Gasteiger partial charge in [0.05, 0.1) is 6.61 Å². The third-order valence-electron chi connectivity index (χ3n) is 4.00. The lowest BCUT2D eigenvalue weighted by Crippen LogP contribution is -2.28. The van der Waals surface area contributed by atoms with Crippen LogP contribution in [-0.2, 0) is 11.3 Å². The number of ether oxygens (including phenoxy) is 1. The van der Waals surface area contributed by atoms with E-state index >= 15 is 0 Å². The van der Waals surface area contributed by atoms with Gasteiger partial charge in [0.1, 0.15) is 5.75 Å². The van der Waals surface area contributed by atoms with E-state index in [9.17, 15) is 4.79 Å². The molecule has 0 spiro atoms. The number of carbonyl (C=O) groups excluding carboxylic acids is 1. The number of amides is 1. The van der Waals surface area contributed by atoms with Gasteiger partial charge in [0.15, 0.2) is 10.6 Å². The highest BCUT2D eigenvalue weighted by molar-refractivity contribution is 7.71. The van der Waals surface area contributed by atoms with E-state index in [0.717, 1.165) is 36.5 Å². The van der Waals surface area contributed by atoms with Gasteiger partial charge in [0.2, 0.25) is 5.91 Å². The molecule has 136 valence electrons. The van der Waals surface area contributed by atoms with Crippen molar-refractivity contribution in [2.45, 2.75) is 39.7 Å². The Morgan fingerprint density at radius 2 is 2.04 bits per heavy atom. The van der Waals surface area contributed by atoms with Gasteiger partial charge in [0.25, 0.3) is 0 Å². The number of benzene rings is 1. The van der Waals surface area contributed by atoms with Crippen LogP contribution in [0.15, 0.2) is 24.3 Å². The second kappa shape index (κ2) is 9.36. The number of carbonyl (C=O) groups is 1. The maximum absolute atomic E-state index is 12.3. The van der Waals surface area contributed by atoms with Crippen LogP contribution in [0.5, 0.6) is 5.75 Å². The normalized spacial score (nSPS) is 10.7. The Morgan fingerprint density at radius 3 is 2.68 bits per heavy atom. The minimum atomic E-state index is 0.120. The zero-order valence-corrected chi connectivity index (χ0v) is 15.9. The monoisotopic (exact) mass is 362 g/mol. The van der Waals surface area contributed by atoms with Crippen molar-refractivity contribution in [2.24, 2.45) is 0 Å². The van der Waals surface area contributed by atoms with Gasteiger partial charge in [-0.2, -0.15) is 5.10 Å². The fourth-order valence-electron chi connectivity index (χ4n) is 2.53. The van der Waals surface area contributed by atoms with Crippen molar-refractivity contribution in [3.05, 3.63) is 29.0 Å². The molecule has 1 aromatic carbocycles. The molecule has 0 unspecified atom stereocenters. The van der Waals surface area contributed by atoms with Crippen LogP contribution in [-0.4, -0.2) is 45.8 Å². The van der Waals surface area contributed by atoms with Crippen LogP contribution in [0.2, 0.25) is 0 Å². The van der Waals surface area contributed by atoms with Crippen LogP contribution in [0.3, 0.4) is 0 Å². The van der Waals surface area contributed by atoms with Crippen molar-refractivity contribution in [2.75, 3.05) is 20.2 Å². The summed E-state index contributed by atoms with van der Waals surface area (Å²) in [5, 5.41) is 7.14. The van der Waals surface area contributed by atoms with Gasteiger partial charge in [-0.3, -0.25) is 14.5 Å². The van der Waals surface area contributed by atoms with Crippen LogP contribution in [0.25, 0.3) is 11.4 Å². The summed E-state index contributed by atoms with van der Waals surface area (Å²) >= 11 is 5.32. The minimum absolute atomic E-state index is 0.120. The Morgan fingerprint density at radius 1 is 1.32 bits per heavy atom. The number of H-pyrrole nitrogens is 1. The van der Waals surface area contributed by atoms with Gasteiger partial charge in [-0.15, -0.1) is 0 Å². The third kappa shape index (κ3) is 5.16. The molecule has 1 amide bonds. The number of unbranched alkanes of at least 4 members (excludes halogenated alkanes) is 1. The average Bonchev–Trinajstić information content (AvgIpc) is 2.99. The van der Waals surface area contributed by atoms with E-state index in [1.807, 2.05) is 42.8 Å². The van der Waals surface area contributed by atoms with E-state index in [0.29, 0.717) is 24.3 Å². The van der Waals surface area contributed by atoms with Crippen LogP contribution in [0.1, 0.15) is 33.1 Å². The summed E-state index contributed by atoms with van der Waals surface area (Å²) in [4.78, 5) is 14.0. The molecule has 0 radical (unpaired) electrons. The first-order chi connectivity index (χ1) is 12.1. The van der Waals surface area contributed by atoms with Crippen LogP contribution in [0.4, 0.5) is 0 Å². The largest absolute Gasteiger partial charge is 0.494 e. The van der Waals surface area contributed by atoms with Crippen LogP contribution >= 0.6 is 12.2 Å². The summed E-state index contributed by atoms with van der Waals surface area (Å²) in [6.07, 6.45) is 2.50. The molecule has 0 saturated heterocycles. The van der Waals surface area contributed by atoms with Crippen molar-refractivity contribution in [3.8, 4) is 17.1 Å². The highest BCUT2D eigenvalue weighted by atomic mass is 32.1. The second-order valence-electron chi connectivity index (χ2n) is 5.88. The van der Waals surface area contributed by atoms with Crippen molar-refractivity contribution >= 4 is 18.1 Å². The van der Waals surface area contributed by atoms with Crippen LogP contribution in [0, 0.1) is 4.77 Å². The third-order valence-corrected chi connectivity index (χ3v) is 4.32. The molecule has 7 heteroatoms. The molecule has 0 saturated carbocycles. The molecule has 1 N–H and O–H groups in total. The fraction of sp³-hybridized carbons (Fsp3) is 0.500. The lowest BCUT2D eigenvalue weighted by molar-refractivity contribution is -0.130. The molecule has 1 heterocycles. The smallest absolute Gasteiger partial charge is 0.224 e. The molecule has 1 aromatic heterocycles. The number of hydrogen-bond acceptors (Lipinski definition) is 4. The maximum Gasteiger partial charge on any atom is 0.224 e. The highest BCUT2D eigenvalue weighted by Crippen LogP contribution is 2.21. The van der Waals surface area contributed by atoms with Crippen molar-refractivity contribution in [1.82, 2.24) is 19.7 Å². The fourth-order valence-corrected chi connectivity index (χ4v) is 2.75. The average molecular weight is 362 g/mol. The number of aromatic nitrogens is 3. The molecular formula is C18H26N4O2S. The molecule has 0 bridgehead atoms. The molecule has 0 atom stereocenters. The summed E-state index contributed by atoms with van der Waals surface area (Å²) in [7, 11) is 1.85. The summed E-state index contributed by atoms with van der Waals surface area (Å²) in [5.74, 6) is 1.67. The van der Waals surface area contributed by atoms with E-state index in [1.165, 1.54) is 0 Å². The van der Waals surface area contributed by atoms with Crippen molar-refractivity contribution in [1.29, 1.82) is 0 Å². The van der Waals surface area contributed by atoms with E-state index < -0.39 is 0 Å².